The Morgan fingerprint density at radius 3 is 2.60 bits per heavy atom. The van der Waals surface area contributed by atoms with Crippen LogP contribution in [0.2, 0.25) is 0 Å². The number of rotatable bonds is 5. The van der Waals surface area contributed by atoms with Crippen LogP contribution in [0.4, 0.5) is 0 Å². The van der Waals surface area contributed by atoms with Crippen LogP contribution in [0.15, 0.2) is 24.4 Å². The molecule has 1 saturated carbocycles. The van der Waals surface area contributed by atoms with E-state index in [1.807, 2.05) is 18.2 Å². The van der Waals surface area contributed by atoms with Gasteiger partial charge in [-0.25, -0.2) is 4.79 Å². The van der Waals surface area contributed by atoms with Crippen molar-refractivity contribution in [3.05, 3.63) is 30.1 Å². The fourth-order valence-electron chi connectivity index (χ4n) is 2.66. The SMILES string of the molecule is O=C(CCc1ccccn1)NC1(C(=O)O)CCCCC1. The number of carboxylic acid groups (broad SMARTS) is 1. The molecule has 1 aliphatic carbocycles. The Balaban J connectivity index is 1.90. The number of amides is 1. The van der Waals surface area contributed by atoms with E-state index in [1.54, 1.807) is 6.20 Å². The van der Waals surface area contributed by atoms with Crippen molar-refractivity contribution in [3.63, 3.8) is 0 Å². The number of hydrogen-bond acceptors (Lipinski definition) is 3. The van der Waals surface area contributed by atoms with E-state index in [0.717, 1.165) is 25.0 Å². The van der Waals surface area contributed by atoms with Gasteiger partial charge in [0.15, 0.2) is 0 Å². The highest BCUT2D eigenvalue weighted by Crippen LogP contribution is 2.28. The first-order valence-electron chi connectivity index (χ1n) is 7.07. The lowest BCUT2D eigenvalue weighted by atomic mass is 9.81. The van der Waals surface area contributed by atoms with Gasteiger partial charge in [-0.1, -0.05) is 25.3 Å². The first-order valence-corrected chi connectivity index (χ1v) is 7.07. The molecule has 0 saturated heterocycles. The second-order valence-corrected chi connectivity index (χ2v) is 5.32. The van der Waals surface area contributed by atoms with Crippen molar-refractivity contribution < 1.29 is 14.7 Å². The summed E-state index contributed by atoms with van der Waals surface area (Å²) in [5.41, 5.74) is -0.213. The van der Waals surface area contributed by atoms with E-state index in [9.17, 15) is 14.7 Å². The molecule has 2 N–H and O–H groups in total. The summed E-state index contributed by atoms with van der Waals surface area (Å²) in [5.74, 6) is -1.12. The van der Waals surface area contributed by atoms with Crippen molar-refractivity contribution in [1.82, 2.24) is 10.3 Å². The number of aromatic nitrogens is 1. The predicted molar refractivity (Wildman–Crippen MR) is 74.2 cm³/mol. The molecule has 0 radical (unpaired) electrons. The summed E-state index contributed by atoms with van der Waals surface area (Å²) in [6.07, 6.45) is 6.29. The van der Waals surface area contributed by atoms with Crippen LogP contribution in [-0.4, -0.2) is 27.5 Å². The van der Waals surface area contributed by atoms with Gasteiger partial charge in [-0.3, -0.25) is 9.78 Å². The second kappa shape index (κ2) is 6.50. The minimum absolute atomic E-state index is 0.208. The van der Waals surface area contributed by atoms with Crippen LogP contribution in [0.3, 0.4) is 0 Å². The lowest BCUT2D eigenvalue weighted by molar-refractivity contribution is -0.149. The summed E-state index contributed by atoms with van der Waals surface area (Å²) < 4.78 is 0. The summed E-state index contributed by atoms with van der Waals surface area (Å²) in [6, 6.07) is 5.56. The zero-order valence-corrected chi connectivity index (χ0v) is 11.5. The van der Waals surface area contributed by atoms with Gasteiger partial charge in [0.25, 0.3) is 0 Å². The van der Waals surface area contributed by atoms with E-state index in [4.69, 9.17) is 0 Å². The van der Waals surface area contributed by atoms with Gasteiger partial charge in [0.05, 0.1) is 0 Å². The highest BCUT2D eigenvalue weighted by atomic mass is 16.4. The maximum Gasteiger partial charge on any atom is 0.329 e. The highest BCUT2D eigenvalue weighted by Gasteiger charge is 2.40. The molecule has 1 amide bonds. The molecule has 1 aliphatic rings. The third-order valence-electron chi connectivity index (χ3n) is 3.83. The average molecular weight is 276 g/mol. The third kappa shape index (κ3) is 3.56. The standard InChI is InChI=1S/C15H20N2O3/c18-13(8-7-12-6-2-5-11-16-12)17-15(14(19)20)9-3-1-4-10-15/h2,5-6,11H,1,3-4,7-10H2,(H,17,18)(H,19,20). The van der Waals surface area contributed by atoms with Crippen LogP contribution < -0.4 is 5.32 Å². The molecule has 1 aromatic rings. The Kier molecular flexibility index (Phi) is 4.71. The number of pyridine rings is 1. The molecule has 1 heterocycles. The topological polar surface area (TPSA) is 79.3 Å². The summed E-state index contributed by atoms with van der Waals surface area (Å²) in [7, 11) is 0. The molecule has 0 spiro atoms. The number of hydrogen-bond donors (Lipinski definition) is 2. The van der Waals surface area contributed by atoms with Gasteiger partial charge in [-0.2, -0.15) is 0 Å². The molecule has 5 nitrogen and oxygen atoms in total. The minimum atomic E-state index is -1.06. The van der Waals surface area contributed by atoms with Crippen molar-refractivity contribution in [2.45, 2.75) is 50.5 Å². The Labute approximate surface area is 118 Å². The fraction of sp³-hybridized carbons (Fsp3) is 0.533. The van der Waals surface area contributed by atoms with Crippen LogP contribution in [0.25, 0.3) is 0 Å². The van der Waals surface area contributed by atoms with Gasteiger partial charge in [0.2, 0.25) is 5.91 Å². The summed E-state index contributed by atoms with van der Waals surface area (Å²) >= 11 is 0. The van der Waals surface area contributed by atoms with E-state index in [1.165, 1.54) is 0 Å². The molecular formula is C15H20N2O3. The third-order valence-corrected chi connectivity index (χ3v) is 3.83. The quantitative estimate of drug-likeness (QED) is 0.861. The molecule has 0 bridgehead atoms. The van der Waals surface area contributed by atoms with E-state index < -0.39 is 11.5 Å². The van der Waals surface area contributed by atoms with Crippen molar-refractivity contribution in [2.24, 2.45) is 0 Å². The van der Waals surface area contributed by atoms with Gasteiger partial charge < -0.3 is 10.4 Å². The number of carbonyl (C=O) groups is 2. The van der Waals surface area contributed by atoms with Crippen LogP contribution in [0.5, 0.6) is 0 Å². The summed E-state index contributed by atoms with van der Waals surface area (Å²) in [4.78, 5) is 27.6. The van der Waals surface area contributed by atoms with Crippen LogP contribution in [0.1, 0.15) is 44.2 Å². The normalized spacial score (nSPS) is 17.4. The van der Waals surface area contributed by atoms with Crippen LogP contribution >= 0.6 is 0 Å². The molecule has 0 aliphatic heterocycles. The molecule has 2 rings (SSSR count). The van der Waals surface area contributed by atoms with Crippen molar-refractivity contribution in [3.8, 4) is 0 Å². The molecule has 0 atom stereocenters. The second-order valence-electron chi connectivity index (χ2n) is 5.32. The number of nitrogens with zero attached hydrogens (tertiary/aromatic N) is 1. The Bertz CT molecular complexity index is 467. The van der Waals surface area contributed by atoms with Gasteiger partial charge in [0, 0.05) is 18.3 Å². The van der Waals surface area contributed by atoms with Gasteiger partial charge >= 0.3 is 5.97 Å². The Hall–Kier alpha value is -1.91. The van der Waals surface area contributed by atoms with E-state index in [0.29, 0.717) is 19.3 Å². The molecular weight excluding hydrogens is 256 g/mol. The maximum absolute atomic E-state index is 12.0. The number of aliphatic carboxylic acids is 1. The van der Waals surface area contributed by atoms with Crippen molar-refractivity contribution in [2.75, 3.05) is 0 Å². The van der Waals surface area contributed by atoms with Gasteiger partial charge in [-0.05, 0) is 31.4 Å². The first kappa shape index (κ1) is 14.5. The maximum atomic E-state index is 12.0. The van der Waals surface area contributed by atoms with Gasteiger partial charge in [0.1, 0.15) is 5.54 Å². The smallest absolute Gasteiger partial charge is 0.329 e. The zero-order chi connectivity index (χ0) is 14.4. The molecule has 108 valence electrons. The minimum Gasteiger partial charge on any atom is -0.480 e. The van der Waals surface area contributed by atoms with E-state index >= 15 is 0 Å². The number of aryl methyl sites for hydroxylation is 1. The largest absolute Gasteiger partial charge is 0.480 e. The lowest BCUT2D eigenvalue weighted by Gasteiger charge is -2.34. The molecule has 1 aromatic heterocycles. The molecule has 5 heteroatoms. The monoisotopic (exact) mass is 276 g/mol. The molecule has 20 heavy (non-hydrogen) atoms. The summed E-state index contributed by atoms with van der Waals surface area (Å²) in [5, 5.41) is 12.1. The molecule has 0 aromatic carbocycles. The fourth-order valence-corrected chi connectivity index (χ4v) is 2.66. The number of nitrogens with one attached hydrogen (secondary N) is 1. The zero-order valence-electron chi connectivity index (χ0n) is 11.5. The Morgan fingerprint density at radius 1 is 1.25 bits per heavy atom. The average Bonchev–Trinajstić information content (AvgIpc) is 2.47. The summed E-state index contributed by atoms with van der Waals surface area (Å²) in [6.45, 7) is 0. The van der Waals surface area contributed by atoms with Gasteiger partial charge in [-0.15, -0.1) is 0 Å². The number of carboxylic acids is 1. The lowest BCUT2D eigenvalue weighted by Crippen LogP contribution is -2.55. The van der Waals surface area contributed by atoms with Crippen molar-refractivity contribution in [1.29, 1.82) is 0 Å². The molecule has 1 fully saturated rings. The van der Waals surface area contributed by atoms with Crippen molar-refractivity contribution >= 4 is 11.9 Å². The molecule has 0 unspecified atom stereocenters. The van der Waals surface area contributed by atoms with E-state index in [-0.39, 0.29) is 12.3 Å². The predicted octanol–water partition coefficient (Wildman–Crippen LogP) is 1.92. The Morgan fingerprint density at radius 2 is 2.00 bits per heavy atom. The van der Waals surface area contributed by atoms with Crippen LogP contribution in [-0.2, 0) is 16.0 Å². The highest BCUT2D eigenvalue weighted by molar-refractivity contribution is 5.87. The van der Waals surface area contributed by atoms with Crippen LogP contribution in [0, 0.1) is 0 Å². The van der Waals surface area contributed by atoms with E-state index in [2.05, 4.69) is 10.3 Å². The first-order chi connectivity index (χ1) is 9.62. The number of carbonyl (C=O) groups excluding carboxylic acids is 1.